The zero-order valence-electron chi connectivity index (χ0n) is 14.7. The van der Waals surface area contributed by atoms with Crippen molar-refractivity contribution in [2.45, 2.75) is 18.1 Å². The lowest BCUT2D eigenvalue weighted by Gasteiger charge is -2.13. The highest BCUT2D eigenvalue weighted by atomic mass is 32.2. The van der Waals surface area contributed by atoms with E-state index < -0.39 is 23.9 Å². The van der Waals surface area contributed by atoms with Gasteiger partial charge in [0.25, 0.3) is 11.8 Å². The van der Waals surface area contributed by atoms with Crippen LogP contribution in [0.15, 0.2) is 46.9 Å². The molecule has 1 aromatic carbocycles. The van der Waals surface area contributed by atoms with E-state index in [0.29, 0.717) is 10.0 Å². The minimum Gasteiger partial charge on any atom is -0.452 e. The Morgan fingerprint density at radius 3 is 2.75 bits per heavy atom. The van der Waals surface area contributed by atoms with Crippen molar-refractivity contribution in [1.29, 1.82) is 0 Å². The first-order valence-corrected chi connectivity index (χ1v) is 10.0. The van der Waals surface area contributed by atoms with Crippen molar-refractivity contribution in [2.75, 3.05) is 11.1 Å². The molecule has 0 aliphatic heterocycles. The Morgan fingerprint density at radius 1 is 1.25 bits per heavy atom. The van der Waals surface area contributed by atoms with Crippen LogP contribution in [0.1, 0.15) is 17.3 Å². The Hall–Kier alpha value is -2.98. The number of carbonyl (C=O) groups is 3. The van der Waals surface area contributed by atoms with Crippen LogP contribution >= 0.6 is 23.1 Å². The zero-order chi connectivity index (χ0) is 20.1. The summed E-state index contributed by atoms with van der Waals surface area (Å²) >= 11 is 2.33. The zero-order valence-corrected chi connectivity index (χ0v) is 16.4. The number of nitrogens with one attached hydrogen (secondary N) is 1. The third kappa shape index (κ3) is 4.84. The molecule has 8 nitrogen and oxygen atoms in total. The highest BCUT2D eigenvalue weighted by Crippen LogP contribution is 2.23. The maximum Gasteiger partial charge on any atom is 0.317 e. The normalized spacial score (nSPS) is 11.8. The van der Waals surface area contributed by atoms with Crippen LogP contribution in [0.25, 0.3) is 11.0 Å². The first-order chi connectivity index (χ1) is 13.4. The lowest BCUT2D eigenvalue weighted by atomic mass is 10.3. The second-order valence-electron chi connectivity index (χ2n) is 5.63. The Kier molecular flexibility index (Phi) is 6.22. The van der Waals surface area contributed by atoms with Crippen molar-refractivity contribution in [3.05, 3.63) is 47.5 Å². The summed E-state index contributed by atoms with van der Waals surface area (Å²) in [5, 5.41) is 5.08. The second kappa shape index (κ2) is 8.81. The van der Waals surface area contributed by atoms with Crippen LogP contribution in [0.2, 0.25) is 0 Å². The number of primary amides is 1. The van der Waals surface area contributed by atoms with Gasteiger partial charge in [0.05, 0.1) is 28.5 Å². The van der Waals surface area contributed by atoms with Gasteiger partial charge in [-0.15, -0.1) is 11.3 Å². The number of carbonyl (C=O) groups excluding carboxylic acids is 3. The van der Waals surface area contributed by atoms with E-state index in [0.717, 1.165) is 22.4 Å². The summed E-state index contributed by atoms with van der Waals surface area (Å²) in [4.78, 5) is 44.2. The van der Waals surface area contributed by atoms with E-state index in [1.165, 1.54) is 24.8 Å². The maximum absolute atomic E-state index is 12.2. The molecule has 3 rings (SSSR count). The number of thiophene rings is 1. The number of nitrogens with two attached hydrogens (primary N) is 1. The molecule has 2 heterocycles. The quantitative estimate of drug-likeness (QED) is 0.448. The molecule has 2 aromatic heterocycles. The molecule has 0 aliphatic carbocycles. The number of thioether (sulfide) groups is 1. The number of ether oxygens (including phenoxy) is 1. The first kappa shape index (κ1) is 19.8. The average Bonchev–Trinajstić information content (AvgIpc) is 3.14. The maximum atomic E-state index is 12.2. The summed E-state index contributed by atoms with van der Waals surface area (Å²) in [5.41, 5.74) is 6.95. The number of para-hydroxylation sites is 2. The van der Waals surface area contributed by atoms with Gasteiger partial charge in [0, 0.05) is 0 Å². The van der Waals surface area contributed by atoms with Crippen molar-refractivity contribution in [3.8, 4) is 0 Å². The average molecular weight is 416 g/mol. The van der Waals surface area contributed by atoms with Crippen molar-refractivity contribution in [2.24, 2.45) is 5.73 Å². The SMILES string of the molecule is C[C@H](OC(=O)CSc1cnc2ccccc2n1)C(=O)Nc1sccc1C(N)=O. The molecule has 28 heavy (non-hydrogen) atoms. The van der Waals surface area contributed by atoms with E-state index in [1.54, 1.807) is 11.6 Å². The molecule has 0 fully saturated rings. The summed E-state index contributed by atoms with van der Waals surface area (Å²) in [6.45, 7) is 1.45. The highest BCUT2D eigenvalue weighted by molar-refractivity contribution is 7.99. The first-order valence-electron chi connectivity index (χ1n) is 8.16. The fraction of sp³-hybridized carbons (Fsp3) is 0.167. The minimum absolute atomic E-state index is 0.0177. The Bertz CT molecular complexity index is 1040. The molecule has 0 saturated carbocycles. The van der Waals surface area contributed by atoms with Gasteiger partial charge in [-0.3, -0.25) is 19.4 Å². The smallest absolute Gasteiger partial charge is 0.317 e. The second-order valence-corrected chi connectivity index (χ2v) is 7.55. The fourth-order valence-electron chi connectivity index (χ4n) is 2.24. The molecule has 2 amide bonds. The summed E-state index contributed by atoms with van der Waals surface area (Å²) in [6.07, 6.45) is 0.553. The van der Waals surface area contributed by atoms with E-state index in [4.69, 9.17) is 10.5 Å². The molecule has 0 aliphatic rings. The van der Waals surface area contributed by atoms with Gasteiger partial charge in [0.1, 0.15) is 10.0 Å². The molecule has 10 heteroatoms. The number of hydrogen-bond acceptors (Lipinski definition) is 8. The number of aromatic nitrogens is 2. The Morgan fingerprint density at radius 2 is 2.00 bits per heavy atom. The topological polar surface area (TPSA) is 124 Å². The molecule has 0 radical (unpaired) electrons. The van der Waals surface area contributed by atoms with Crippen LogP contribution in [0.3, 0.4) is 0 Å². The molecule has 0 spiro atoms. The molecule has 3 aromatic rings. The molecule has 3 N–H and O–H groups in total. The Balaban J connectivity index is 1.52. The van der Waals surface area contributed by atoms with Crippen LogP contribution in [-0.4, -0.2) is 39.6 Å². The summed E-state index contributed by atoms with van der Waals surface area (Å²) in [7, 11) is 0. The van der Waals surface area contributed by atoms with E-state index in [-0.39, 0.29) is 11.3 Å². The third-order valence-corrected chi connectivity index (χ3v) is 5.31. The number of rotatable bonds is 7. The van der Waals surface area contributed by atoms with Crippen molar-refractivity contribution in [1.82, 2.24) is 9.97 Å². The van der Waals surface area contributed by atoms with Crippen molar-refractivity contribution >= 4 is 56.9 Å². The van der Waals surface area contributed by atoms with Gasteiger partial charge in [0.2, 0.25) is 0 Å². The van der Waals surface area contributed by atoms with Crippen LogP contribution in [0, 0.1) is 0 Å². The van der Waals surface area contributed by atoms with Gasteiger partial charge in [-0.25, -0.2) is 4.98 Å². The summed E-state index contributed by atoms with van der Waals surface area (Å²) < 4.78 is 5.14. The van der Waals surface area contributed by atoms with Gasteiger partial charge in [-0.05, 0) is 30.5 Å². The van der Waals surface area contributed by atoms with Crippen LogP contribution in [0.4, 0.5) is 5.00 Å². The van der Waals surface area contributed by atoms with Gasteiger partial charge in [-0.1, -0.05) is 23.9 Å². The monoisotopic (exact) mass is 416 g/mol. The van der Waals surface area contributed by atoms with Crippen LogP contribution in [0.5, 0.6) is 0 Å². The van der Waals surface area contributed by atoms with E-state index in [9.17, 15) is 14.4 Å². The number of nitrogens with zero attached hydrogens (tertiary/aromatic N) is 2. The standard InChI is InChI=1S/C18H16N4O4S2/c1-10(17(25)22-18-11(16(19)24)6-7-27-18)26-15(23)9-28-14-8-20-12-4-2-3-5-13(12)21-14/h2-8,10H,9H2,1H3,(H2,19,24)(H,22,25)/t10-/m0/s1. The summed E-state index contributed by atoms with van der Waals surface area (Å²) in [5.74, 6) is -1.78. The van der Waals surface area contributed by atoms with Gasteiger partial charge >= 0.3 is 5.97 Å². The molecular weight excluding hydrogens is 400 g/mol. The number of fused-ring (bicyclic) bond motifs is 1. The predicted molar refractivity (Wildman–Crippen MR) is 107 cm³/mol. The molecule has 1 atom stereocenters. The predicted octanol–water partition coefficient (Wildman–Crippen LogP) is 2.45. The number of amides is 2. The van der Waals surface area contributed by atoms with Gasteiger partial charge in [-0.2, -0.15) is 0 Å². The molecule has 0 bridgehead atoms. The van der Waals surface area contributed by atoms with Crippen molar-refractivity contribution in [3.63, 3.8) is 0 Å². The molecular formula is C18H16N4O4S2. The third-order valence-electron chi connectivity index (χ3n) is 3.61. The molecule has 0 unspecified atom stereocenters. The van der Waals surface area contributed by atoms with E-state index in [2.05, 4.69) is 15.3 Å². The Labute approximate surface area is 168 Å². The highest BCUT2D eigenvalue weighted by Gasteiger charge is 2.20. The van der Waals surface area contributed by atoms with Crippen LogP contribution in [-0.2, 0) is 14.3 Å². The number of benzene rings is 1. The largest absolute Gasteiger partial charge is 0.452 e. The molecule has 0 saturated heterocycles. The lowest BCUT2D eigenvalue weighted by Crippen LogP contribution is -2.31. The number of anilines is 1. The van der Waals surface area contributed by atoms with Gasteiger partial charge < -0.3 is 15.8 Å². The summed E-state index contributed by atoms with van der Waals surface area (Å²) in [6, 6.07) is 8.93. The number of esters is 1. The minimum atomic E-state index is -1.03. The lowest BCUT2D eigenvalue weighted by molar-refractivity contribution is -0.150. The number of hydrogen-bond donors (Lipinski definition) is 2. The van der Waals surface area contributed by atoms with Crippen molar-refractivity contribution < 1.29 is 19.1 Å². The van der Waals surface area contributed by atoms with Crippen LogP contribution < -0.4 is 11.1 Å². The van der Waals surface area contributed by atoms with E-state index >= 15 is 0 Å². The molecule has 144 valence electrons. The van der Waals surface area contributed by atoms with E-state index in [1.807, 2.05) is 24.3 Å². The fourth-order valence-corrected chi connectivity index (χ4v) is 3.66. The van der Waals surface area contributed by atoms with Gasteiger partial charge in [0.15, 0.2) is 6.10 Å².